The van der Waals surface area contributed by atoms with E-state index >= 15 is 0 Å². The molecule has 2 atom stereocenters. The van der Waals surface area contributed by atoms with E-state index in [2.05, 4.69) is 0 Å². The van der Waals surface area contributed by atoms with Crippen molar-refractivity contribution in [3.63, 3.8) is 0 Å². The minimum absolute atomic E-state index is 0.127. The molecule has 1 aromatic carbocycles. The van der Waals surface area contributed by atoms with Crippen LogP contribution in [0, 0.1) is 5.92 Å². The number of methoxy groups -OCH3 is 1. The summed E-state index contributed by atoms with van der Waals surface area (Å²) < 4.78 is 10.9. The van der Waals surface area contributed by atoms with Gasteiger partial charge in [-0.05, 0) is 43.0 Å². The highest BCUT2D eigenvalue weighted by Crippen LogP contribution is 2.32. The summed E-state index contributed by atoms with van der Waals surface area (Å²) in [4.78, 5) is 25.4. The lowest BCUT2D eigenvalue weighted by Crippen LogP contribution is -2.46. The van der Waals surface area contributed by atoms with E-state index in [0.29, 0.717) is 26.0 Å². The zero-order valence-corrected chi connectivity index (χ0v) is 12.4. The molecule has 0 saturated carbocycles. The van der Waals surface area contributed by atoms with E-state index in [1.807, 2.05) is 18.2 Å². The second-order valence-electron chi connectivity index (χ2n) is 5.71. The Kier molecular flexibility index (Phi) is 3.92. The van der Waals surface area contributed by atoms with Gasteiger partial charge >= 0.3 is 5.97 Å². The van der Waals surface area contributed by atoms with E-state index in [1.54, 1.807) is 7.11 Å². The summed E-state index contributed by atoms with van der Waals surface area (Å²) in [5.41, 5.74) is 0.926. The molecule has 1 amide bonds. The number of ether oxygens (including phenoxy) is 2. The Morgan fingerprint density at radius 2 is 2.23 bits per heavy atom. The van der Waals surface area contributed by atoms with Crippen molar-refractivity contribution in [2.45, 2.75) is 25.3 Å². The number of benzene rings is 1. The van der Waals surface area contributed by atoms with E-state index < -0.39 is 12.0 Å². The topological polar surface area (TPSA) is 76.1 Å². The Bertz CT molecular complexity index is 600. The number of nitrogens with zero attached hydrogens (tertiary/aromatic N) is 1. The number of carboxylic acid groups (broad SMARTS) is 1. The third-order valence-electron chi connectivity index (χ3n) is 4.34. The summed E-state index contributed by atoms with van der Waals surface area (Å²) in [6, 6.07) is 4.83. The molecule has 1 fully saturated rings. The van der Waals surface area contributed by atoms with Gasteiger partial charge in [0.1, 0.15) is 24.1 Å². The van der Waals surface area contributed by atoms with E-state index in [-0.39, 0.29) is 11.8 Å². The molecule has 2 aliphatic heterocycles. The van der Waals surface area contributed by atoms with Gasteiger partial charge < -0.3 is 19.5 Å². The number of fused-ring (bicyclic) bond motifs is 1. The van der Waals surface area contributed by atoms with Gasteiger partial charge in [-0.2, -0.15) is 0 Å². The van der Waals surface area contributed by atoms with Crippen LogP contribution in [0.5, 0.6) is 11.5 Å². The van der Waals surface area contributed by atoms with E-state index in [0.717, 1.165) is 23.5 Å². The molecule has 0 spiro atoms. The highest BCUT2D eigenvalue weighted by Gasteiger charge is 2.38. The van der Waals surface area contributed by atoms with Crippen LogP contribution in [0.1, 0.15) is 18.4 Å². The van der Waals surface area contributed by atoms with Crippen LogP contribution in [-0.2, 0) is 16.0 Å². The van der Waals surface area contributed by atoms with Crippen LogP contribution in [0.2, 0.25) is 0 Å². The molecular formula is C16H19NO5. The number of aliphatic carboxylic acids is 1. The summed E-state index contributed by atoms with van der Waals surface area (Å²) in [5, 5.41) is 9.22. The predicted octanol–water partition coefficient (Wildman–Crippen LogP) is 1.32. The Balaban J connectivity index is 1.76. The molecule has 0 aromatic heterocycles. The zero-order chi connectivity index (χ0) is 15.7. The number of hydrogen-bond donors (Lipinski definition) is 1. The summed E-state index contributed by atoms with van der Waals surface area (Å²) in [6.07, 6.45) is 1.81. The van der Waals surface area contributed by atoms with Crippen LogP contribution < -0.4 is 9.47 Å². The standard InChI is InChI=1S/C16H19NO5/c1-21-12-4-5-14-10(8-12)7-11(9-22-14)15(18)17-6-2-3-13(17)16(19)20/h4-5,8,11,13H,2-3,6-7,9H2,1H3,(H,19,20)/t11?,13-/m1/s1. The first kappa shape index (κ1) is 14.7. The minimum atomic E-state index is -0.926. The van der Waals surface area contributed by atoms with Crippen molar-refractivity contribution in [2.75, 3.05) is 20.3 Å². The van der Waals surface area contributed by atoms with Crippen molar-refractivity contribution in [3.8, 4) is 11.5 Å². The molecule has 2 heterocycles. The summed E-state index contributed by atoms with van der Waals surface area (Å²) in [7, 11) is 1.59. The SMILES string of the molecule is COc1ccc2c(c1)CC(C(=O)N1CCC[C@@H]1C(=O)O)CO2. The lowest BCUT2D eigenvalue weighted by atomic mass is 9.95. The summed E-state index contributed by atoms with van der Waals surface area (Å²) >= 11 is 0. The molecule has 6 heteroatoms. The van der Waals surface area contributed by atoms with Gasteiger partial charge in [-0.25, -0.2) is 4.79 Å². The molecule has 1 unspecified atom stereocenters. The number of amides is 1. The van der Waals surface area contributed by atoms with Crippen LogP contribution in [-0.4, -0.2) is 48.2 Å². The molecular weight excluding hydrogens is 286 g/mol. The monoisotopic (exact) mass is 305 g/mol. The van der Waals surface area contributed by atoms with Crippen molar-refractivity contribution in [1.82, 2.24) is 4.90 Å². The van der Waals surface area contributed by atoms with Gasteiger partial charge in [0, 0.05) is 6.54 Å². The third-order valence-corrected chi connectivity index (χ3v) is 4.34. The molecule has 2 aliphatic rings. The molecule has 0 radical (unpaired) electrons. The molecule has 1 saturated heterocycles. The second kappa shape index (κ2) is 5.87. The van der Waals surface area contributed by atoms with Crippen LogP contribution in [0.3, 0.4) is 0 Å². The number of carbonyl (C=O) groups is 2. The second-order valence-corrected chi connectivity index (χ2v) is 5.71. The maximum atomic E-state index is 12.6. The smallest absolute Gasteiger partial charge is 0.326 e. The van der Waals surface area contributed by atoms with Crippen LogP contribution in [0.25, 0.3) is 0 Å². The first-order valence-electron chi connectivity index (χ1n) is 7.43. The molecule has 6 nitrogen and oxygen atoms in total. The molecule has 118 valence electrons. The van der Waals surface area contributed by atoms with Crippen LogP contribution >= 0.6 is 0 Å². The van der Waals surface area contributed by atoms with E-state index in [9.17, 15) is 14.7 Å². The first-order valence-corrected chi connectivity index (χ1v) is 7.43. The Morgan fingerprint density at radius 3 is 2.95 bits per heavy atom. The van der Waals surface area contributed by atoms with Gasteiger partial charge in [0.25, 0.3) is 0 Å². The number of carbonyl (C=O) groups excluding carboxylic acids is 1. The fraction of sp³-hybridized carbons (Fsp3) is 0.500. The van der Waals surface area contributed by atoms with Crippen molar-refractivity contribution < 1.29 is 24.2 Å². The fourth-order valence-electron chi connectivity index (χ4n) is 3.18. The molecule has 22 heavy (non-hydrogen) atoms. The number of rotatable bonds is 3. The highest BCUT2D eigenvalue weighted by molar-refractivity contribution is 5.86. The summed E-state index contributed by atoms with van der Waals surface area (Å²) in [5.74, 6) is 0.101. The van der Waals surface area contributed by atoms with Crippen molar-refractivity contribution in [3.05, 3.63) is 23.8 Å². The number of likely N-dealkylation sites (tertiary alicyclic amines) is 1. The van der Waals surface area contributed by atoms with Crippen molar-refractivity contribution in [1.29, 1.82) is 0 Å². The Labute approximate surface area is 128 Å². The van der Waals surface area contributed by atoms with Crippen molar-refractivity contribution >= 4 is 11.9 Å². The van der Waals surface area contributed by atoms with Crippen LogP contribution in [0.4, 0.5) is 0 Å². The molecule has 0 bridgehead atoms. The zero-order valence-electron chi connectivity index (χ0n) is 12.4. The lowest BCUT2D eigenvalue weighted by molar-refractivity contribution is -0.150. The maximum Gasteiger partial charge on any atom is 0.326 e. The van der Waals surface area contributed by atoms with Gasteiger partial charge in [0.2, 0.25) is 5.91 Å². The first-order chi connectivity index (χ1) is 10.6. The average molecular weight is 305 g/mol. The normalized spacial score (nSPS) is 23.6. The molecule has 1 N–H and O–H groups in total. The Hall–Kier alpha value is -2.24. The minimum Gasteiger partial charge on any atom is -0.497 e. The van der Waals surface area contributed by atoms with Gasteiger partial charge in [-0.1, -0.05) is 0 Å². The van der Waals surface area contributed by atoms with E-state index in [4.69, 9.17) is 9.47 Å². The molecule has 0 aliphatic carbocycles. The number of hydrogen-bond acceptors (Lipinski definition) is 4. The molecule has 3 rings (SSSR count). The highest BCUT2D eigenvalue weighted by atomic mass is 16.5. The van der Waals surface area contributed by atoms with Gasteiger partial charge in [0.15, 0.2) is 0 Å². The Morgan fingerprint density at radius 1 is 1.41 bits per heavy atom. The third kappa shape index (κ3) is 2.61. The predicted molar refractivity (Wildman–Crippen MR) is 78.1 cm³/mol. The summed E-state index contributed by atoms with van der Waals surface area (Å²) in [6.45, 7) is 0.804. The quantitative estimate of drug-likeness (QED) is 0.911. The van der Waals surface area contributed by atoms with Gasteiger partial charge in [-0.15, -0.1) is 0 Å². The average Bonchev–Trinajstić information content (AvgIpc) is 3.02. The number of carboxylic acids is 1. The molecule has 1 aromatic rings. The largest absolute Gasteiger partial charge is 0.497 e. The fourth-order valence-corrected chi connectivity index (χ4v) is 3.18. The van der Waals surface area contributed by atoms with Gasteiger partial charge in [-0.3, -0.25) is 4.79 Å². The lowest BCUT2D eigenvalue weighted by Gasteiger charge is -2.30. The van der Waals surface area contributed by atoms with E-state index in [1.165, 1.54) is 4.90 Å². The maximum absolute atomic E-state index is 12.6. The van der Waals surface area contributed by atoms with Gasteiger partial charge in [0.05, 0.1) is 13.0 Å². The van der Waals surface area contributed by atoms with Crippen LogP contribution in [0.15, 0.2) is 18.2 Å². The van der Waals surface area contributed by atoms with Crippen molar-refractivity contribution in [2.24, 2.45) is 5.92 Å².